The number of hydrogen-bond donors (Lipinski definition) is 0. The zero-order valence-electron chi connectivity index (χ0n) is 8.22. The van der Waals surface area contributed by atoms with Gasteiger partial charge in [-0.1, -0.05) is 45.2 Å². The Kier molecular flexibility index (Phi) is 3.94. The van der Waals surface area contributed by atoms with Gasteiger partial charge in [-0.2, -0.15) is 0 Å². The molecule has 1 aromatic rings. The third kappa shape index (κ3) is 2.68. The molecule has 0 saturated carbocycles. The van der Waals surface area contributed by atoms with Gasteiger partial charge in [0.15, 0.2) is 0 Å². The molecule has 0 aliphatic carbocycles. The second kappa shape index (κ2) is 5.05. The Morgan fingerprint density at radius 1 is 1.27 bits per heavy atom. The van der Waals surface area contributed by atoms with Gasteiger partial charge in [0.1, 0.15) is 0 Å². The zero-order chi connectivity index (χ0) is 10.8. The second-order valence-electron chi connectivity index (χ2n) is 3.91. The predicted octanol–water partition coefficient (Wildman–Crippen LogP) is 3.82. The third-order valence-electron chi connectivity index (χ3n) is 2.69. The van der Waals surface area contributed by atoms with Gasteiger partial charge in [0, 0.05) is 40.6 Å². The van der Waals surface area contributed by atoms with Gasteiger partial charge in [-0.25, -0.2) is 0 Å². The van der Waals surface area contributed by atoms with Crippen molar-refractivity contribution in [2.45, 2.75) is 6.54 Å². The van der Waals surface area contributed by atoms with E-state index >= 15 is 0 Å². The van der Waals surface area contributed by atoms with Gasteiger partial charge >= 0.3 is 0 Å². The van der Waals surface area contributed by atoms with Crippen LogP contribution in [0.4, 0.5) is 0 Å². The Labute approximate surface area is 108 Å². The minimum absolute atomic E-state index is 0.768. The molecule has 0 bridgehead atoms. The van der Waals surface area contributed by atoms with Gasteiger partial charge in [-0.05, 0) is 18.1 Å². The minimum Gasteiger partial charge on any atom is -0.298 e. The van der Waals surface area contributed by atoms with Crippen molar-refractivity contribution >= 4 is 39.1 Å². The molecule has 1 aliphatic heterocycles. The molecule has 1 fully saturated rings. The summed E-state index contributed by atoms with van der Waals surface area (Å²) in [5.41, 5.74) is 1.05. The van der Waals surface area contributed by atoms with E-state index in [1.165, 1.54) is 0 Å². The molecule has 1 aliphatic rings. The molecule has 0 unspecified atom stereocenters. The van der Waals surface area contributed by atoms with Crippen LogP contribution in [0, 0.1) is 5.92 Å². The number of alkyl halides is 1. The summed E-state index contributed by atoms with van der Waals surface area (Å²) in [6.45, 7) is 3.13. The summed E-state index contributed by atoms with van der Waals surface area (Å²) in [7, 11) is 0. The molecule has 82 valence electrons. The molecule has 1 aromatic carbocycles. The molecule has 4 heteroatoms. The summed E-state index contributed by atoms with van der Waals surface area (Å²) in [4.78, 5) is 2.36. The number of hydrogen-bond acceptors (Lipinski definition) is 1. The van der Waals surface area contributed by atoms with Crippen molar-refractivity contribution < 1.29 is 0 Å². The fourth-order valence-corrected chi connectivity index (χ4v) is 2.74. The number of nitrogens with zero attached hydrogens (tertiary/aromatic N) is 1. The molecule has 2 rings (SSSR count). The maximum atomic E-state index is 6.10. The summed E-state index contributed by atoms with van der Waals surface area (Å²) in [6.07, 6.45) is 0. The monoisotopic (exact) mass is 307 g/mol. The Morgan fingerprint density at radius 2 is 1.87 bits per heavy atom. The first kappa shape index (κ1) is 11.7. The molecule has 1 heterocycles. The van der Waals surface area contributed by atoms with Crippen LogP contribution in [0.1, 0.15) is 5.56 Å². The lowest BCUT2D eigenvalue weighted by Crippen LogP contribution is -2.46. The maximum absolute atomic E-state index is 6.10. The van der Waals surface area contributed by atoms with E-state index in [-0.39, 0.29) is 0 Å². The van der Waals surface area contributed by atoms with E-state index in [0.717, 1.165) is 46.5 Å². The highest BCUT2D eigenvalue weighted by molar-refractivity contribution is 9.09. The lowest BCUT2D eigenvalue weighted by Gasteiger charge is -2.38. The van der Waals surface area contributed by atoms with E-state index in [4.69, 9.17) is 23.2 Å². The van der Waals surface area contributed by atoms with Crippen LogP contribution in [0.15, 0.2) is 18.2 Å². The normalized spacial score (nSPS) is 17.8. The summed E-state index contributed by atoms with van der Waals surface area (Å²) < 4.78 is 0. The van der Waals surface area contributed by atoms with Crippen molar-refractivity contribution in [2.24, 2.45) is 5.92 Å². The van der Waals surface area contributed by atoms with E-state index in [1.807, 2.05) is 18.2 Å². The first-order valence-electron chi connectivity index (χ1n) is 4.92. The highest BCUT2D eigenvalue weighted by atomic mass is 79.9. The standard InChI is InChI=1S/C11H12BrCl2N/c12-4-8-5-15(6-8)7-9-10(13)2-1-3-11(9)14/h1-3,8H,4-7H2. The van der Waals surface area contributed by atoms with Crippen molar-refractivity contribution in [2.75, 3.05) is 18.4 Å². The predicted molar refractivity (Wildman–Crippen MR) is 69.0 cm³/mol. The van der Waals surface area contributed by atoms with E-state index in [0.29, 0.717) is 0 Å². The summed E-state index contributed by atoms with van der Waals surface area (Å²) in [5, 5.41) is 2.62. The largest absolute Gasteiger partial charge is 0.298 e. The van der Waals surface area contributed by atoms with Crippen molar-refractivity contribution in [1.29, 1.82) is 0 Å². The molecular formula is C11H12BrCl2N. The van der Waals surface area contributed by atoms with Crippen molar-refractivity contribution in [3.8, 4) is 0 Å². The molecule has 1 nitrogen and oxygen atoms in total. The maximum Gasteiger partial charge on any atom is 0.0465 e. The van der Waals surface area contributed by atoms with Crippen LogP contribution in [0.3, 0.4) is 0 Å². The molecule has 0 atom stereocenters. The van der Waals surface area contributed by atoms with Crippen LogP contribution in [0.2, 0.25) is 10.0 Å². The van der Waals surface area contributed by atoms with Gasteiger partial charge in [0.2, 0.25) is 0 Å². The van der Waals surface area contributed by atoms with Crippen molar-refractivity contribution in [1.82, 2.24) is 4.90 Å². The Bertz CT molecular complexity index is 330. The fraction of sp³-hybridized carbons (Fsp3) is 0.455. The van der Waals surface area contributed by atoms with Crippen LogP contribution in [-0.4, -0.2) is 23.3 Å². The zero-order valence-corrected chi connectivity index (χ0v) is 11.3. The van der Waals surface area contributed by atoms with Crippen LogP contribution in [0.25, 0.3) is 0 Å². The van der Waals surface area contributed by atoms with Gasteiger partial charge in [0.05, 0.1) is 0 Å². The van der Waals surface area contributed by atoms with E-state index in [1.54, 1.807) is 0 Å². The van der Waals surface area contributed by atoms with Crippen LogP contribution >= 0.6 is 39.1 Å². The number of halogens is 3. The first-order valence-corrected chi connectivity index (χ1v) is 6.79. The Hall–Kier alpha value is 0.240. The summed E-state index contributed by atoms with van der Waals surface area (Å²) >= 11 is 15.7. The molecule has 15 heavy (non-hydrogen) atoms. The van der Waals surface area contributed by atoms with Crippen molar-refractivity contribution in [3.05, 3.63) is 33.8 Å². The van der Waals surface area contributed by atoms with Crippen LogP contribution in [0.5, 0.6) is 0 Å². The van der Waals surface area contributed by atoms with Crippen molar-refractivity contribution in [3.63, 3.8) is 0 Å². The number of benzene rings is 1. The molecule has 0 amide bonds. The van der Waals surface area contributed by atoms with Crippen LogP contribution in [-0.2, 0) is 6.54 Å². The topological polar surface area (TPSA) is 3.24 Å². The molecular weight excluding hydrogens is 297 g/mol. The van der Waals surface area contributed by atoms with Crippen LogP contribution < -0.4 is 0 Å². The Morgan fingerprint density at radius 3 is 2.40 bits per heavy atom. The van der Waals surface area contributed by atoms with E-state index < -0.39 is 0 Å². The SMILES string of the molecule is Clc1cccc(Cl)c1CN1CC(CBr)C1. The fourth-order valence-electron chi connectivity index (χ4n) is 1.81. The summed E-state index contributed by atoms with van der Waals surface area (Å²) in [5.74, 6) is 0.784. The average molecular weight is 309 g/mol. The van der Waals surface area contributed by atoms with Gasteiger partial charge in [0.25, 0.3) is 0 Å². The van der Waals surface area contributed by atoms with Gasteiger partial charge in [-0.15, -0.1) is 0 Å². The lowest BCUT2D eigenvalue weighted by molar-refractivity contribution is 0.109. The Balaban J connectivity index is 2.00. The number of rotatable bonds is 3. The minimum atomic E-state index is 0.768. The lowest BCUT2D eigenvalue weighted by atomic mass is 10.0. The first-order chi connectivity index (χ1) is 7.20. The highest BCUT2D eigenvalue weighted by Crippen LogP contribution is 2.28. The number of likely N-dealkylation sites (tertiary alicyclic amines) is 1. The quantitative estimate of drug-likeness (QED) is 0.767. The smallest absolute Gasteiger partial charge is 0.0465 e. The average Bonchev–Trinajstić information content (AvgIpc) is 2.14. The van der Waals surface area contributed by atoms with E-state index in [2.05, 4.69) is 20.8 Å². The molecule has 0 radical (unpaired) electrons. The third-order valence-corrected chi connectivity index (χ3v) is 4.32. The highest BCUT2D eigenvalue weighted by Gasteiger charge is 2.26. The summed E-state index contributed by atoms with van der Waals surface area (Å²) in [6, 6.07) is 5.67. The van der Waals surface area contributed by atoms with Gasteiger partial charge in [-0.3, -0.25) is 4.90 Å². The molecule has 0 spiro atoms. The second-order valence-corrected chi connectivity index (χ2v) is 5.38. The molecule has 0 aromatic heterocycles. The molecule has 1 saturated heterocycles. The van der Waals surface area contributed by atoms with Gasteiger partial charge < -0.3 is 0 Å². The van der Waals surface area contributed by atoms with E-state index in [9.17, 15) is 0 Å². The molecule has 0 N–H and O–H groups in total.